The Balaban J connectivity index is 3.26. The molecular weight excluding hydrogens is 104 g/mol. The molecular formula is C4H8Fe. The van der Waals surface area contributed by atoms with Crippen molar-refractivity contribution in [3.8, 4) is 0 Å². The Labute approximate surface area is 38.4 Å². The van der Waals surface area contributed by atoms with Crippen LogP contribution in [0.25, 0.3) is 0 Å². The van der Waals surface area contributed by atoms with Crippen LogP contribution in [0.4, 0.5) is 0 Å². The number of hydrogen-bond donors (Lipinski definition) is 0. The van der Waals surface area contributed by atoms with Crippen LogP contribution < -0.4 is 0 Å². The minimum absolute atomic E-state index is 1.14. The van der Waals surface area contributed by atoms with E-state index in [4.69, 9.17) is 0 Å². The molecule has 0 aromatic heterocycles. The quantitative estimate of drug-likeness (QED) is 0.405. The minimum atomic E-state index is 1.14. The molecule has 0 bridgehead atoms. The van der Waals surface area contributed by atoms with Crippen molar-refractivity contribution in [1.29, 1.82) is 0 Å². The molecule has 0 radical (unpaired) electrons. The van der Waals surface area contributed by atoms with Gasteiger partial charge in [0.1, 0.15) is 0 Å². The Kier molecular flexibility index (Phi) is 4.48. The van der Waals surface area contributed by atoms with Crippen LogP contribution >= 0.6 is 0 Å². The van der Waals surface area contributed by atoms with E-state index in [1.165, 1.54) is 0 Å². The Bertz CT molecular complexity index is 52.0. The summed E-state index contributed by atoms with van der Waals surface area (Å²) in [6.07, 6.45) is 0. The zero-order valence-electron chi connectivity index (χ0n) is 3.51. The van der Waals surface area contributed by atoms with Crippen molar-refractivity contribution in [1.82, 2.24) is 0 Å². The van der Waals surface area contributed by atoms with Crippen molar-refractivity contribution < 1.29 is 14.1 Å². The first-order valence-electron chi connectivity index (χ1n) is 1.56. The van der Waals surface area contributed by atoms with Gasteiger partial charge in [0.2, 0.25) is 0 Å². The number of hydrogen-bond acceptors (Lipinski definition) is 0. The molecule has 0 nitrogen and oxygen atoms in total. The fraction of sp³-hybridized carbons (Fsp3) is 0.500. The second kappa shape index (κ2) is 4.26. The van der Waals surface area contributed by atoms with Crippen LogP contribution in [0.15, 0.2) is 0 Å². The fourth-order valence-corrected chi connectivity index (χ4v) is 0.486. The van der Waals surface area contributed by atoms with Gasteiger partial charge in [0.05, 0.1) is 0 Å². The molecule has 0 aliphatic carbocycles. The van der Waals surface area contributed by atoms with Gasteiger partial charge in [-0.1, -0.05) is 0 Å². The maximum absolute atomic E-state index is 2.12. The van der Waals surface area contributed by atoms with Crippen LogP contribution in [0, 0.1) is 0 Å². The summed E-state index contributed by atoms with van der Waals surface area (Å²) in [6, 6.07) is 0. The third kappa shape index (κ3) is 4.26. The van der Waals surface area contributed by atoms with E-state index >= 15 is 0 Å². The first kappa shape index (κ1) is 5.26. The van der Waals surface area contributed by atoms with Crippen LogP contribution in [-0.4, -0.2) is 9.84 Å². The first-order valence-corrected chi connectivity index (χ1v) is 2.84. The molecule has 0 rings (SSSR count). The molecule has 0 N–H and O–H groups in total. The molecule has 0 aromatic rings. The second-order valence-corrected chi connectivity index (χ2v) is 2.17. The molecule has 0 fully saturated rings. The Morgan fingerprint density at radius 1 is 1.20 bits per heavy atom. The van der Waals surface area contributed by atoms with E-state index < -0.39 is 0 Å². The van der Waals surface area contributed by atoms with Gasteiger partial charge < -0.3 is 0 Å². The molecule has 0 heterocycles. The van der Waals surface area contributed by atoms with Crippen molar-refractivity contribution in [2.75, 3.05) is 0 Å². The summed E-state index contributed by atoms with van der Waals surface area (Å²) < 4.78 is 0. The Morgan fingerprint density at radius 3 is 1.60 bits per heavy atom. The molecule has 0 saturated carbocycles. The van der Waals surface area contributed by atoms with Crippen molar-refractivity contribution in [3.05, 3.63) is 0 Å². The van der Waals surface area contributed by atoms with E-state index in [0.717, 1.165) is 14.1 Å². The van der Waals surface area contributed by atoms with E-state index in [1.807, 2.05) is 0 Å². The van der Waals surface area contributed by atoms with Crippen LogP contribution in [0.1, 0.15) is 13.8 Å². The molecule has 5 heavy (non-hydrogen) atoms. The zero-order valence-corrected chi connectivity index (χ0v) is 4.61. The molecule has 32 valence electrons. The Hall–Kier alpha value is 0.259. The second-order valence-electron chi connectivity index (χ2n) is 0.526. The summed E-state index contributed by atoms with van der Waals surface area (Å²) >= 11 is 1.14. The van der Waals surface area contributed by atoms with Crippen molar-refractivity contribution >= 4 is 9.84 Å². The summed E-state index contributed by atoms with van der Waals surface area (Å²) in [5.41, 5.74) is 0. The van der Waals surface area contributed by atoms with Crippen LogP contribution in [0.5, 0.6) is 0 Å². The predicted octanol–water partition coefficient (Wildman–Crippen LogP) is 0.713. The SMILES string of the molecule is C[CH]=[Fe]=[CH]C. The average molecular weight is 112 g/mol. The van der Waals surface area contributed by atoms with Crippen LogP contribution in [0.2, 0.25) is 0 Å². The van der Waals surface area contributed by atoms with Crippen molar-refractivity contribution in [2.45, 2.75) is 13.8 Å². The number of rotatable bonds is 0. The van der Waals surface area contributed by atoms with Gasteiger partial charge in [-0.25, -0.2) is 0 Å². The van der Waals surface area contributed by atoms with Gasteiger partial charge in [-0.2, -0.15) is 0 Å². The van der Waals surface area contributed by atoms with E-state index in [1.54, 1.807) is 0 Å². The third-order valence-electron chi connectivity index (χ3n) is 0.236. The van der Waals surface area contributed by atoms with E-state index in [2.05, 4.69) is 23.7 Å². The van der Waals surface area contributed by atoms with Gasteiger partial charge in [0.15, 0.2) is 0 Å². The molecule has 0 spiro atoms. The summed E-state index contributed by atoms with van der Waals surface area (Å²) in [5, 5.41) is 0. The van der Waals surface area contributed by atoms with E-state index in [-0.39, 0.29) is 0 Å². The summed E-state index contributed by atoms with van der Waals surface area (Å²) in [5.74, 6) is 0. The summed E-state index contributed by atoms with van der Waals surface area (Å²) in [7, 11) is 0. The zero-order chi connectivity index (χ0) is 4.12. The standard InChI is InChI=1S/2C2H4.Fe/c2*1-2;/h2*1H,2H3;. The van der Waals surface area contributed by atoms with Crippen LogP contribution in [0.3, 0.4) is 0 Å². The maximum atomic E-state index is 2.12. The van der Waals surface area contributed by atoms with Crippen LogP contribution in [-0.2, 0) is 14.1 Å². The molecule has 0 aliphatic heterocycles. The Morgan fingerprint density at radius 2 is 1.60 bits per heavy atom. The third-order valence-corrected chi connectivity index (χ3v) is 0.972. The molecule has 1 heteroatoms. The normalized spacial score (nSPS) is 6.80. The molecule has 0 aliphatic rings. The van der Waals surface area contributed by atoms with E-state index in [9.17, 15) is 0 Å². The van der Waals surface area contributed by atoms with Gasteiger partial charge in [0, 0.05) is 0 Å². The van der Waals surface area contributed by atoms with Gasteiger partial charge in [0.25, 0.3) is 0 Å². The summed E-state index contributed by atoms with van der Waals surface area (Å²) in [4.78, 5) is 4.25. The fourth-order valence-electron chi connectivity index (χ4n) is 0.118. The molecule has 0 aromatic carbocycles. The van der Waals surface area contributed by atoms with E-state index in [0.29, 0.717) is 0 Å². The average Bonchev–Trinajstić information content (AvgIpc) is 1.41. The van der Waals surface area contributed by atoms with Gasteiger partial charge in [-0.05, 0) is 0 Å². The molecule has 0 saturated heterocycles. The van der Waals surface area contributed by atoms with Gasteiger partial charge in [-0.3, -0.25) is 0 Å². The summed E-state index contributed by atoms with van der Waals surface area (Å²) in [6.45, 7) is 4.11. The molecule has 0 unspecified atom stereocenters. The monoisotopic (exact) mass is 112 g/mol. The topological polar surface area (TPSA) is 0 Å². The molecule has 0 amide bonds. The predicted molar refractivity (Wildman–Crippen MR) is 23.5 cm³/mol. The van der Waals surface area contributed by atoms with Crippen molar-refractivity contribution in [2.24, 2.45) is 0 Å². The molecule has 0 atom stereocenters. The van der Waals surface area contributed by atoms with Crippen molar-refractivity contribution in [3.63, 3.8) is 0 Å². The van der Waals surface area contributed by atoms with Gasteiger partial charge in [-0.15, -0.1) is 0 Å². The van der Waals surface area contributed by atoms with Gasteiger partial charge >= 0.3 is 37.8 Å². The first-order chi connectivity index (χ1) is 2.41.